The molecule has 8 heteroatoms. The van der Waals surface area contributed by atoms with E-state index in [1.807, 2.05) is 32.9 Å². The van der Waals surface area contributed by atoms with Crippen molar-refractivity contribution in [3.05, 3.63) is 42.4 Å². The van der Waals surface area contributed by atoms with Gasteiger partial charge in [0.2, 0.25) is 0 Å². The molecule has 0 aliphatic carbocycles. The Hall–Kier alpha value is -2.35. The Morgan fingerprint density at radius 1 is 1.33 bits per heavy atom. The van der Waals surface area contributed by atoms with Crippen LogP contribution in [0.5, 0.6) is 5.75 Å². The summed E-state index contributed by atoms with van der Waals surface area (Å²) in [6, 6.07) is 7.37. The summed E-state index contributed by atoms with van der Waals surface area (Å²) in [7, 11) is -4.03. The molecule has 3 rings (SSSR count). The zero-order valence-corrected chi connectivity index (χ0v) is 14.4. The molecule has 0 fully saturated rings. The molecule has 0 saturated carbocycles. The summed E-state index contributed by atoms with van der Waals surface area (Å²) >= 11 is 0. The topological polar surface area (TPSA) is 90.3 Å². The Morgan fingerprint density at radius 3 is 2.67 bits per heavy atom. The number of hydrogen-bond acceptors (Lipinski definition) is 5. The summed E-state index contributed by atoms with van der Waals surface area (Å²) in [6.07, 6.45) is 1.94. The Bertz CT molecular complexity index is 873. The molecule has 2 heterocycles. The maximum atomic E-state index is 12.4. The van der Waals surface area contributed by atoms with Crippen molar-refractivity contribution < 1.29 is 17.9 Å². The number of carbonyl (C=O) groups excluding carboxylic acids is 1. The Balaban J connectivity index is 1.77. The fourth-order valence-corrected chi connectivity index (χ4v) is 3.56. The predicted molar refractivity (Wildman–Crippen MR) is 87.2 cm³/mol. The molecule has 1 aromatic heterocycles. The third-order valence-corrected chi connectivity index (χ3v) is 5.29. The van der Waals surface area contributed by atoms with Crippen LogP contribution in [0.4, 0.5) is 0 Å². The molecule has 1 amide bonds. The summed E-state index contributed by atoms with van der Waals surface area (Å²) < 4.78 is 34.0. The quantitative estimate of drug-likeness (QED) is 0.909. The van der Waals surface area contributed by atoms with Crippen molar-refractivity contribution >= 4 is 15.9 Å². The van der Waals surface area contributed by atoms with E-state index in [-0.39, 0.29) is 17.0 Å². The number of para-hydroxylation sites is 1. The van der Waals surface area contributed by atoms with E-state index in [9.17, 15) is 13.2 Å². The number of carbonyl (C=O) groups is 1. The molecule has 2 aromatic rings. The van der Waals surface area contributed by atoms with E-state index in [1.165, 1.54) is 12.5 Å². The van der Waals surface area contributed by atoms with Crippen LogP contribution in [0.2, 0.25) is 0 Å². The SMILES string of the molecule is CC1c2ccccc2OC1C(=O)NS(=O)(=O)c1cn(C(C)C)cn1. The van der Waals surface area contributed by atoms with Gasteiger partial charge in [0.25, 0.3) is 15.9 Å². The normalized spacial score (nSPS) is 19.8. The van der Waals surface area contributed by atoms with Gasteiger partial charge in [0.15, 0.2) is 11.1 Å². The molecule has 0 radical (unpaired) electrons. The van der Waals surface area contributed by atoms with E-state index in [0.717, 1.165) is 5.56 Å². The second-order valence-electron chi connectivity index (χ2n) is 6.09. The van der Waals surface area contributed by atoms with Crippen molar-refractivity contribution in [2.75, 3.05) is 0 Å². The summed E-state index contributed by atoms with van der Waals surface area (Å²) in [5.74, 6) is -0.325. The first-order valence-corrected chi connectivity index (χ1v) is 9.13. The van der Waals surface area contributed by atoms with Gasteiger partial charge in [0.1, 0.15) is 5.75 Å². The molecule has 1 aromatic carbocycles. The van der Waals surface area contributed by atoms with E-state index >= 15 is 0 Å². The summed E-state index contributed by atoms with van der Waals surface area (Å²) in [5, 5.41) is -0.187. The number of hydrogen-bond donors (Lipinski definition) is 1. The van der Waals surface area contributed by atoms with Crippen LogP contribution in [0.15, 0.2) is 41.8 Å². The number of nitrogens with zero attached hydrogens (tertiary/aromatic N) is 2. The Labute approximate surface area is 140 Å². The fourth-order valence-electron chi connectivity index (χ4n) is 2.63. The molecule has 2 atom stereocenters. The standard InChI is InChI=1S/C16H19N3O4S/c1-10(2)19-8-14(17-9-19)24(21,22)18-16(20)15-11(3)12-6-4-5-7-13(12)23-15/h4-11,15H,1-3H3,(H,18,20). The van der Waals surface area contributed by atoms with Crippen LogP contribution in [-0.4, -0.2) is 30.0 Å². The Kier molecular flexibility index (Phi) is 4.08. The molecule has 7 nitrogen and oxygen atoms in total. The first kappa shape index (κ1) is 16.5. The zero-order chi connectivity index (χ0) is 17.5. The number of ether oxygens (including phenoxy) is 1. The van der Waals surface area contributed by atoms with Gasteiger partial charge in [-0.05, 0) is 19.9 Å². The second-order valence-corrected chi connectivity index (χ2v) is 7.72. The highest BCUT2D eigenvalue weighted by Crippen LogP contribution is 2.37. The fraction of sp³-hybridized carbons (Fsp3) is 0.375. The summed E-state index contributed by atoms with van der Waals surface area (Å²) in [5.41, 5.74) is 0.888. The van der Waals surface area contributed by atoms with Crippen molar-refractivity contribution in [2.45, 2.75) is 43.9 Å². The van der Waals surface area contributed by atoms with Crippen molar-refractivity contribution in [3.8, 4) is 5.75 Å². The van der Waals surface area contributed by atoms with E-state index in [4.69, 9.17) is 4.74 Å². The second kappa shape index (κ2) is 5.94. The van der Waals surface area contributed by atoms with E-state index in [1.54, 1.807) is 16.7 Å². The molecule has 1 N–H and O–H groups in total. The number of nitrogens with one attached hydrogen (secondary N) is 1. The number of sulfonamides is 1. The molecular formula is C16H19N3O4S. The molecule has 128 valence electrons. The van der Waals surface area contributed by atoms with E-state index < -0.39 is 22.0 Å². The van der Waals surface area contributed by atoms with Crippen molar-refractivity contribution in [1.82, 2.24) is 14.3 Å². The smallest absolute Gasteiger partial charge is 0.283 e. The number of benzene rings is 1. The van der Waals surface area contributed by atoms with Crippen molar-refractivity contribution in [3.63, 3.8) is 0 Å². The van der Waals surface area contributed by atoms with Crippen LogP contribution in [0.3, 0.4) is 0 Å². The number of rotatable bonds is 4. The minimum absolute atomic E-state index is 0.0739. The highest BCUT2D eigenvalue weighted by molar-refractivity contribution is 7.90. The average molecular weight is 349 g/mol. The van der Waals surface area contributed by atoms with Gasteiger partial charge in [0.05, 0.1) is 6.33 Å². The third kappa shape index (κ3) is 2.89. The third-order valence-electron chi connectivity index (χ3n) is 4.06. The van der Waals surface area contributed by atoms with Gasteiger partial charge in [-0.2, -0.15) is 8.42 Å². The molecule has 1 aliphatic heterocycles. The molecule has 0 bridgehead atoms. The molecule has 2 unspecified atom stereocenters. The zero-order valence-electron chi connectivity index (χ0n) is 13.6. The van der Waals surface area contributed by atoms with Crippen molar-refractivity contribution in [2.24, 2.45) is 0 Å². The molecule has 0 saturated heterocycles. The highest BCUT2D eigenvalue weighted by atomic mass is 32.2. The van der Waals surface area contributed by atoms with Crippen molar-refractivity contribution in [1.29, 1.82) is 0 Å². The van der Waals surface area contributed by atoms with Gasteiger partial charge in [-0.25, -0.2) is 9.71 Å². The predicted octanol–water partition coefficient (Wildman–Crippen LogP) is 1.83. The average Bonchev–Trinajstić information content (AvgIpc) is 3.13. The first-order valence-electron chi connectivity index (χ1n) is 7.65. The van der Waals surface area contributed by atoms with Crippen LogP contribution in [0.1, 0.15) is 38.3 Å². The lowest BCUT2D eigenvalue weighted by Crippen LogP contribution is -2.42. The largest absolute Gasteiger partial charge is 0.480 e. The maximum Gasteiger partial charge on any atom is 0.283 e. The number of imidazole rings is 1. The summed E-state index contributed by atoms with van der Waals surface area (Å²) in [6.45, 7) is 5.64. The van der Waals surface area contributed by atoms with Gasteiger partial charge in [0, 0.05) is 23.7 Å². The van der Waals surface area contributed by atoms with Crippen LogP contribution < -0.4 is 9.46 Å². The Morgan fingerprint density at radius 2 is 2.04 bits per heavy atom. The van der Waals surface area contributed by atoms with Gasteiger partial charge in [-0.1, -0.05) is 25.1 Å². The highest BCUT2D eigenvalue weighted by Gasteiger charge is 2.38. The lowest BCUT2D eigenvalue weighted by molar-refractivity contribution is -0.126. The lowest BCUT2D eigenvalue weighted by Gasteiger charge is -2.14. The lowest BCUT2D eigenvalue weighted by atomic mass is 9.97. The molecule has 24 heavy (non-hydrogen) atoms. The number of aromatic nitrogens is 2. The van der Waals surface area contributed by atoms with Gasteiger partial charge in [-0.3, -0.25) is 4.79 Å². The molecular weight excluding hydrogens is 330 g/mol. The van der Waals surface area contributed by atoms with Crippen LogP contribution in [0, 0.1) is 0 Å². The molecule has 1 aliphatic rings. The van der Waals surface area contributed by atoms with Crippen LogP contribution >= 0.6 is 0 Å². The first-order chi connectivity index (χ1) is 11.3. The van der Waals surface area contributed by atoms with Crippen LogP contribution in [-0.2, 0) is 14.8 Å². The minimum atomic E-state index is -4.03. The van der Waals surface area contributed by atoms with Gasteiger partial charge < -0.3 is 9.30 Å². The van der Waals surface area contributed by atoms with Crippen LogP contribution in [0.25, 0.3) is 0 Å². The molecule has 0 spiro atoms. The maximum absolute atomic E-state index is 12.4. The monoisotopic (exact) mass is 349 g/mol. The van der Waals surface area contributed by atoms with E-state index in [2.05, 4.69) is 9.71 Å². The van der Waals surface area contributed by atoms with Gasteiger partial charge in [-0.15, -0.1) is 0 Å². The summed E-state index contributed by atoms with van der Waals surface area (Å²) in [4.78, 5) is 16.3. The number of amides is 1. The minimum Gasteiger partial charge on any atom is -0.480 e. The number of fused-ring (bicyclic) bond motifs is 1. The van der Waals surface area contributed by atoms with E-state index in [0.29, 0.717) is 5.75 Å². The van der Waals surface area contributed by atoms with Gasteiger partial charge >= 0.3 is 0 Å².